The molecule has 5 rings (SSSR count). The van der Waals surface area contributed by atoms with Crippen LogP contribution in [0.2, 0.25) is 0 Å². The van der Waals surface area contributed by atoms with Crippen LogP contribution in [0, 0.1) is 5.92 Å². The van der Waals surface area contributed by atoms with Crippen LogP contribution in [-0.2, 0) is 11.8 Å². The van der Waals surface area contributed by atoms with E-state index in [0.29, 0.717) is 18.5 Å². The SMILES string of the molecule is CN1CC[C@@H]1COc1cnn(C)c1-c1ccn2nc(NC(=O)C3CC3)cc2c1. The number of pyridine rings is 1. The predicted molar refractivity (Wildman–Crippen MR) is 105 cm³/mol. The lowest BCUT2D eigenvalue weighted by Gasteiger charge is -2.37. The topological polar surface area (TPSA) is 76.7 Å². The molecule has 3 aromatic rings. The molecule has 1 saturated carbocycles. The van der Waals surface area contributed by atoms with Gasteiger partial charge >= 0.3 is 0 Å². The van der Waals surface area contributed by atoms with E-state index in [1.165, 1.54) is 6.42 Å². The molecule has 0 aromatic carbocycles. The molecule has 2 aliphatic rings. The number of nitrogens with one attached hydrogen (secondary N) is 1. The first-order chi connectivity index (χ1) is 13.6. The summed E-state index contributed by atoms with van der Waals surface area (Å²) < 4.78 is 9.69. The van der Waals surface area contributed by atoms with Crippen LogP contribution in [0.4, 0.5) is 5.82 Å². The van der Waals surface area contributed by atoms with Gasteiger partial charge in [0.2, 0.25) is 5.91 Å². The second-order valence-electron chi connectivity index (χ2n) is 7.79. The largest absolute Gasteiger partial charge is 0.488 e. The van der Waals surface area contributed by atoms with E-state index in [0.717, 1.165) is 41.9 Å². The van der Waals surface area contributed by atoms with Crippen molar-refractivity contribution in [3.8, 4) is 17.0 Å². The first-order valence-electron chi connectivity index (χ1n) is 9.74. The van der Waals surface area contributed by atoms with E-state index in [2.05, 4.69) is 27.5 Å². The van der Waals surface area contributed by atoms with Crippen LogP contribution in [-0.4, -0.2) is 56.4 Å². The van der Waals surface area contributed by atoms with E-state index in [1.807, 2.05) is 36.1 Å². The number of amides is 1. The Balaban J connectivity index is 1.39. The molecule has 1 N–H and O–H groups in total. The molecule has 0 unspecified atom stereocenters. The van der Waals surface area contributed by atoms with Gasteiger partial charge in [0.15, 0.2) is 11.6 Å². The van der Waals surface area contributed by atoms with Crippen molar-refractivity contribution in [1.82, 2.24) is 24.3 Å². The molecule has 28 heavy (non-hydrogen) atoms. The number of hydrogen-bond donors (Lipinski definition) is 1. The van der Waals surface area contributed by atoms with Crippen LogP contribution >= 0.6 is 0 Å². The Bertz CT molecular complexity index is 1030. The van der Waals surface area contributed by atoms with Crippen molar-refractivity contribution in [2.75, 3.05) is 25.5 Å². The lowest BCUT2D eigenvalue weighted by atomic mass is 10.1. The molecule has 0 spiro atoms. The summed E-state index contributed by atoms with van der Waals surface area (Å²) in [5.41, 5.74) is 2.85. The molecule has 8 nitrogen and oxygen atoms in total. The Morgan fingerprint density at radius 1 is 1.29 bits per heavy atom. The summed E-state index contributed by atoms with van der Waals surface area (Å²) in [4.78, 5) is 14.3. The van der Waals surface area contributed by atoms with Crippen LogP contribution in [0.5, 0.6) is 5.75 Å². The van der Waals surface area contributed by atoms with Gasteiger partial charge < -0.3 is 10.1 Å². The standard InChI is InChI=1S/C20H24N6O2/c1-24-7-6-15(24)12-28-17-11-21-25(2)19(17)14-5-8-26-16(9-14)10-18(23-26)22-20(27)13-3-4-13/h5,8-11,13,15H,3-4,6-7,12H2,1-2H3,(H,22,23,27)/t15-/m1/s1. The molecule has 1 aliphatic carbocycles. The summed E-state index contributed by atoms with van der Waals surface area (Å²) in [5, 5.41) is 11.7. The normalized spacial score (nSPS) is 19.6. The van der Waals surface area contributed by atoms with Crippen molar-refractivity contribution in [3.63, 3.8) is 0 Å². The predicted octanol–water partition coefficient (Wildman–Crippen LogP) is 2.17. The van der Waals surface area contributed by atoms with Crippen LogP contribution < -0.4 is 10.1 Å². The Labute approximate surface area is 163 Å². The first kappa shape index (κ1) is 17.2. The van der Waals surface area contributed by atoms with Crippen molar-refractivity contribution in [1.29, 1.82) is 0 Å². The zero-order valence-corrected chi connectivity index (χ0v) is 16.1. The molecule has 4 heterocycles. The monoisotopic (exact) mass is 380 g/mol. The smallest absolute Gasteiger partial charge is 0.228 e. The fraction of sp³-hybridized carbons (Fsp3) is 0.450. The van der Waals surface area contributed by atoms with Gasteiger partial charge in [-0.1, -0.05) is 0 Å². The Hall–Kier alpha value is -2.87. The summed E-state index contributed by atoms with van der Waals surface area (Å²) >= 11 is 0. The van der Waals surface area contributed by atoms with Gasteiger partial charge in [-0.3, -0.25) is 14.4 Å². The molecular weight excluding hydrogens is 356 g/mol. The number of likely N-dealkylation sites (N-methyl/N-ethyl adjacent to an activating group) is 1. The van der Waals surface area contributed by atoms with E-state index in [4.69, 9.17) is 4.74 Å². The number of hydrogen-bond acceptors (Lipinski definition) is 5. The second kappa shape index (κ2) is 6.63. The quantitative estimate of drug-likeness (QED) is 0.709. The molecule has 146 valence electrons. The third-order valence-electron chi connectivity index (χ3n) is 5.71. The number of ether oxygens (including phenoxy) is 1. The van der Waals surface area contributed by atoms with Gasteiger partial charge in [-0.25, -0.2) is 4.52 Å². The highest BCUT2D eigenvalue weighted by Gasteiger charge is 2.30. The van der Waals surface area contributed by atoms with Crippen LogP contribution in [0.25, 0.3) is 16.8 Å². The molecule has 1 atom stereocenters. The summed E-state index contributed by atoms with van der Waals surface area (Å²) in [6, 6.07) is 6.40. The van der Waals surface area contributed by atoms with Gasteiger partial charge in [0.25, 0.3) is 0 Å². The number of carbonyl (C=O) groups is 1. The molecule has 1 aliphatic heterocycles. The average Bonchev–Trinajstić information content (AvgIpc) is 3.36. The number of aromatic nitrogens is 4. The lowest BCUT2D eigenvalue weighted by molar-refractivity contribution is -0.117. The highest BCUT2D eigenvalue weighted by atomic mass is 16.5. The van der Waals surface area contributed by atoms with Gasteiger partial charge in [-0.15, -0.1) is 0 Å². The van der Waals surface area contributed by atoms with Crippen LogP contribution in [0.3, 0.4) is 0 Å². The maximum atomic E-state index is 12.0. The second-order valence-corrected chi connectivity index (χ2v) is 7.79. The third kappa shape index (κ3) is 3.13. The Morgan fingerprint density at radius 2 is 2.14 bits per heavy atom. The maximum Gasteiger partial charge on any atom is 0.228 e. The molecule has 0 radical (unpaired) electrons. The molecule has 1 amide bonds. The lowest BCUT2D eigenvalue weighted by Crippen LogP contribution is -2.48. The van der Waals surface area contributed by atoms with Gasteiger partial charge in [-0.2, -0.15) is 10.2 Å². The van der Waals surface area contributed by atoms with E-state index < -0.39 is 0 Å². The molecule has 8 heteroatoms. The van der Waals surface area contributed by atoms with E-state index in [-0.39, 0.29) is 11.8 Å². The fourth-order valence-corrected chi connectivity index (χ4v) is 3.60. The zero-order valence-electron chi connectivity index (χ0n) is 16.1. The van der Waals surface area contributed by atoms with E-state index >= 15 is 0 Å². The highest BCUT2D eigenvalue weighted by molar-refractivity contribution is 5.93. The van der Waals surface area contributed by atoms with Crippen molar-refractivity contribution < 1.29 is 9.53 Å². The Morgan fingerprint density at radius 3 is 2.86 bits per heavy atom. The van der Waals surface area contributed by atoms with Crippen molar-refractivity contribution >= 4 is 17.2 Å². The van der Waals surface area contributed by atoms with Crippen LogP contribution in [0.15, 0.2) is 30.6 Å². The van der Waals surface area contributed by atoms with Gasteiger partial charge in [-0.05, 0) is 45.0 Å². The minimum Gasteiger partial charge on any atom is -0.488 e. The maximum absolute atomic E-state index is 12.0. The van der Waals surface area contributed by atoms with Crippen LogP contribution in [0.1, 0.15) is 19.3 Å². The van der Waals surface area contributed by atoms with E-state index in [1.54, 1.807) is 10.7 Å². The number of likely N-dealkylation sites (tertiary alicyclic amines) is 1. The third-order valence-corrected chi connectivity index (χ3v) is 5.71. The number of anilines is 1. The number of fused-ring (bicyclic) bond motifs is 1. The van der Waals surface area contributed by atoms with Gasteiger partial charge in [0.05, 0.1) is 11.7 Å². The van der Waals surface area contributed by atoms with Crippen molar-refractivity contribution in [2.24, 2.45) is 13.0 Å². The first-order valence-corrected chi connectivity index (χ1v) is 9.74. The van der Waals surface area contributed by atoms with Gasteiger partial charge in [0.1, 0.15) is 12.3 Å². The summed E-state index contributed by atoms with van der Waals surface area (Å²) in [5.74, 6) is 1.59. The minimum absolute atomic E-state index is 0.0620. The number of rotatable bonds is 6. The van der Waals surface area contributed by atoms with Crippen molar-refractivity contribution in [3.05, 3.63) is 30.6 Å². The zero-order chi connectivity index (χ0) is 19.3. The molecule has 2 fully saturated rings. The number of carbonyl (C=O) groups excluding carboxylic acids is 1. The highest BCUT2D eigenvalue weighted by Crippen LogP contribution is 2.32. The summed E-state index contributed by atoms with van der Waals surface area (Å²) in [6.45, 7) is 1.80. The molecule has 3 aromatic heterocycles. The molecule has 1 saturated heterocycles. The molecule has 0 bridgehead atoms. The van der Waals surface area contributed by atoms with Gasteiger partial charge in [0, 0.05) is 36.8 Å². The minimum atomic E-state index is 0.0620. The van der Waals surface area contributed by atoms with E-state index in [9.17, 15) is 4.79 Å². The fourth-order valence-electron chi connectivity index (χ4n) is 3.60. The Kier molecular flexibility index (Phi) is 4.08. The average molecular weight is 380 g/mol. The molecular formula is C20H24N6O2. The summed E-state index contributed by atoms with van der Waals surface area (Å²) in [6.07, 6.45) is 6.79. The number of nitrogens with zero attached hydrogens (tertiary/aromatic N) is 5. The van der Waals surface area contributed by atoms with Crippen molar-refractivity contribution in [2.45, 2.75) is 25.3 Å². The summed E-state index contributed by atoms with van der Waals surface area (Å²) in [7, 11) is 4.04. The number of aryl methyl sites for hydroxylation is 1.